The van der Waals surface area contributed by atoms with Crippen molar-refractivity contribution in [3.8, 4) is 11.4 Å². The summed E-state index contributed by atoms with van der Waals surface area (Å²) in [5.74, 6) is 1.47. The maximum atomic E-state index is 4.89. The average molecular weight is 395 g/mol. The van der Waals surface area contributed by atoms with Crippen LogP contribution < -0.4 is 10.6 Å². The molecule has 0 atom stereocenters. The first-order valence-electron chi connectivity index (χ1n) is 10.3. The van der Waals surface area contributed by atoms with Crippen molar-refractivity contribution in [3.63, 3.8) is 0 Å². The van der Waals surface area contributed by atoms with Gasteiger partial charge in [-0.1, -0.05) is 68.1 Å². The fraction of sp³-hybridized carbons (Fsp3) is 0.154. The van der Waals surface area contributed by atoms with E-state index in [0.29, 0.717) is 5.82 Å². The summed E-state index contributed by atoms with van der Waals surface area (Å²) < 4.78 is 0. The summed E-state index contributed by atoms with van der Waals surface area (Å²) in [5.41, 5.74) is 5.97. The van der Waals surface area contributed by atoms with E-state index >= 15 is 0 Å². The van der Waals surface area contributed by atoms with Gasteiger partial charge in [0.2, 0.25) is 0 Å². The van der Waals surface area contributed by atoms with E-state index in [1.54, 1.807) is 0 Å². The fourth-order valence-electron chi connectivity index (χ4n) is 3.49. The van der Waals surface area contributed by atoms with E-state index in [0.717, 1.165) is 57.8 Å². The Kier molecular flexibility index (Phi) is 5.75. The summed E-state index contributed by atoms with van der Waals surface area (Å²) in [6.07, 6.45) is 1.06. The standard InChI is InChI=1S/C26H26N4/c1-4-17-27-23-15-9-7-13-21(23)19(3)28-26-22-14-8-10-16-24(22)29-25(30-26)20-12-6-5-11-18(20)2/h5-16,27H,3-4,17H2,1-2H3,(H,28,29,30). The van der Waals surface area contributed by atoms with Gasteiger partial charge >= 0.3 is 0 Å². The van der Waals surface area contributed by atoms with Gasteiger partial charge in [0.1, 0.15) is 5.82 Å². The molecule has 0 bridgehead atoms. The number of aromatic nitrogens is 2. The molecule has 0 saturated heterocycles. The number of aryl methyl sites for hydroxylation is 1. The molecule has 4 aromatic rings. The largest absolute Gasteiger partial charge is 0.385 e. The van der Waals surface area contributed by atoms with Crippen LogP contribution in [0.4, 0.5) is 11.5 Å². The van der Waals surface area contributed by atoms with Gasteiger partial charge in [0.25, 0.3) is 0 Å². The Morgan fingerprint density at radius 1 is 0.900 bits per heavy atom. The van der Waals surface area contributed by atoms with Crippen LogP contribution in [-0.2, 0) is 0 Å². The Morgan fingerprint density at radius 3 is 2.47 bits per heavy atom. The van der Waals surface area contributed by atoms with Crippen molar-refractivity contribution in [2.75, 3.05) is 17.2 Å². The van der Waals surface area contributed by atoms with Crippen molar-refractivity contribution in [2.24, 2.45) is 0 Å². The summed E-state index contributed by atoms with van der Waals surface area (Å²) in [6.45, 7) is 9.45. The van der Waals surface area contributed by atoms with Gasteiger partial charge in [-0.3, -0.25) is 0 Å². The number of nitrogens with zero attached hydrogens (tertiary/aromatic N) is 2. The Hall–Kier alpha value is -3.66. The van der Waals surface area contributed by atoms with Crippen molar-refractivity contribution in [1.82, 2.24) is 9.97 Å². The van der Waals surface area contributed by atoms with Crippen molar-refractivity contribution >= 4 is 28.1 Å². The third kappa shape index (κ3) is 4.03. The normalized spacial score (nSPS) is 10.7. The molecule has 4 rings (SSSR count). The van der Waals surface area contributed by atoms with Crippen LogP contribution in [-0.4, -0.2) is 16.5 Å². The first-order valence-corrected chi connectivity index (χ1v) is 10.3. The van der Waals surface area contributed by atoms with Crippen molar-refractivity contribution in [2.45, 2.75) is 20.3 Å². The molecule has 0 unspecified atom stereocenters. The lowest BCUT2D eigenvalue weighted by molar-refractivity contribution is 0.979. The molecule has 0 radical (unpaired) electrons. The molecule has 2 N–H and O–H groups in total. The second-order valence-corrected chi connectivity index (χ2v) is 7.30. The summed E-state index contributed by atoms with van der Waals surface area (Å²) >= 11 is 0. The zero-order valence-corrected chi connectivity index (χ0v) is 17.4. The zero-order valence-electron chi connectivity index (χ0n) is 17.4. The third-order valence-electron chi connectivity index (χ3n) is 5.08. The highest BCUT2D eigenvalue weighted by Gasteiger charge is 2.13. The molecular weight excluding hydrogens is 368 g/mol. The number of nitrogens with one attached hydrogen (secondary N) is 2. The molecule has 0 aliphatic heterocycles. The highest BCUT2D eigenvalue weighted by molar-refractivity contribution is 5.95. The molecule has 0 fully saturated rings. The van der Waals surface area contributed by atoms with Crippen LogP contribution in [0.25, 0.3) is 28.0 Å². The molecule has 4 heteroatoms. The quantitative estimate of drug-likeness (QED) is 0.375. The molecule has 0 amide bonds. The number of benzene rings is 3. The first-order chi connectivity index (χ1) is 14.7. The zero-order chi connectivity index (χ0) is 20.9. The first kappa shape index (κ1) is 19.6. The molecule has 1 heterocycles. The lowest BCUT2D eigenvalue weighted by Crippen LogP contribution is -2.07. The van der Waals surface area contributed by atoms with Gasteiger partial charge < -0.3 is 10.6 Å². The SMILES string of the molecule is C=C(Nc1nc(-c2ccccc2C)nc2ccccc12)c1ccccc1NCCC. The molecule has 0 aliphatic rings. The van der Waals surface area contributed by atoms with Crippen molar-refractivity contribution in [3.05, 3.63) is 90.5 Å². The van der Waals surface area contributed by atoms with Gasteiger partial charge in [0.15, 0.2) is 5.82 Å². The van der Waals surface area contributed by atoms with Gasteiger partial charge in [-0.25, -0.2) is 9.97 Å². The van der Waals surface area contributed by atoms with Crippen molar-refractivity contribution in [1.29, 1.82) is 0 Å². The predicted molar refractivity (Wildman–Crippen MR) is 128 cm³/mol. The van der Waals surface area contributed by atoms with Crippen LogP contribution in [0, 0.1) is 6.92 Å². The van der Waals surface area contributed by atoms with Gasteiger partial charge in [-0.2, -0.15) is 0 Å². The minimum Gasteiger partial charge on any atom is -0.385 e. The van der Waals surface area contributed by atoms with Crippen LogP contribution in [0.15, 0.2) is 79.4 Å². The van der Waals surface area contributed by atoms with Gasteiger partial charge in [0.05, 0.1) is 5.52 Å². The van der Waals surface area contributed by atoms with Crippen LogP contribution >= 0.6 is 0 Å². The highest BCUT2D eigenvalue weighted by atomic mass is 15.0. The second kappa shape index (κ2) is 8.78. The number of rotatable bonds is 7. The lowest BCUT2D eigenvalue weighted by atomic mass is 10.1. The summed E-state index contributed by atoms with van der Waals surface area (Å²) in [5, 5.41) is 7.91. The highest BCUT2D eigenvalue weighted by Crippen LogP contribution is 2.30. The molecule has 0 saturated carbocycles. The summed E-state index contributed by atoms with van der Waals surface area (Å²) in [7, 11) is 0. The molecule has 3 aromatic carbocycles. The maximum Gasteiger partial charge on any atom is 0.162 e. The summed E-state index contributed by atoms with van der Waals surface area (Å²) in [4.78, 5) is 9.70. The molecule has 0 spiro atoms. The van der Waals surface area contributed by atoms with Gasteiger partial charge in [-0.15, -0.1) is 0 Å². The Morgan fingerprint density at radius 2 is 1.63 bits per heavy atom. The predicted octanol–water partition coefficient (Wildman–Crippen LogP) is 6.51. The van der Waals surface area contributed by atoms with E-state index < -0.39 is 0 Å². The minimum absolute atomic E-state index is 0.708. The Bertz CT molecular complexity index is 1200. The number of para-hydroxylation sites is 2. The van der Waals surface area contributed by atoms with E-state index in [9.17, 15) is 0 Å². The molecule has 30 heavy (non-hydrogen) atoms. The number of fused-ring (bicyclic) bond motifs is 1. The second-order valence-electron chi connectivity index (χ2n) is 7.30. The lowest BCUT2D eigenvalue weighted by Gasteiger charge is -2.16. The van der Waals surface area contributed by atoms with E-state index in [4.69, 9.17) is 9.97 Å². The third-order valence-corrected chi connectivity index (χ3v) is 5.08. The van der Waals surface area contributed by atoms with Crippen LogP contribution in [0.5, 0.6) is 0 Å². The smallest absolute Gasteiger partial charge is 0.162 e. The van der Waals surface area contributed by atoms with E-state index in [2.05, 4.69) is 55.3 Å². The number of hydrogen-bond acceptors (Lipinski definition) is 4. The van der Waals surface area contributed by atoms with E-state index in [1.165, 1.54) is 0 Å². The Labute approximate surface area is 177 Å². The number of anilines is 2. The van der Waals surface area contributed by atoms with E-state index in [-0.39, 0.29) is 0 Å². The van der Waals surface area contributed by atoms with Crippen molar-refractivity contribution < 1.29 is 0 Å². The van der Waals surface area contributed by atoms with Crippen LogP contribution in [0.1, 0.15) is 24.5 Å². The molecule has 4 nitrogen and oxygen atoms in total. The molecular formula is C26H26N4. The maximum absolute atomic E-state index is 4.89. The molecule has 1 aromatic heterocycles. The average Bonchev–Trinajstić information content (AvgIpc) is 2.78. The molecule has 0 aliphatic carbocycles. The van der Waals surface area contributed by atoms with E-state index in [1.807, 2.05) is 48.5 Å². The topological polar surface area (TPSA) is 49.8 Å². The van der Waals surface area contributed by atoms with Crippen LogP contribution in [0.3, 0.4) is 0 Å². The van der Waals surface area contributed by atoms with Crippen LogP contribution in [0.2, 0.25) is 0 Å². The fourth-order valence-corrected chi connectivity index (χ4v) is 3.49. The monoisotopic (exact) mass is 394 g/mol. The number of hydrogen-bond donors (Lipinski definition) is 2. The minimum atomic E-state index is 0.708. The molecule has 150 valence electrons. The van der Waals surface area contributed by atoms with Gasteiger partial charge in [-0.05, 0) is 37.1 Å². The summed E-state index contributed by atoms with van der Waals surface area (Å²) in [6, 6.07) is 24.4. The Balaban J connectivity index is 1.76. The van der Waals surface area contributed by atoms with Gasteiger partial charge in [0, 0.05) is 34.4 Å².